The van der Waals surface area contributed by atoms with E-state index in [0.29, 0.717) is 0 Å². The molecule has 0 aromatic carbocycles. The lowest BCUT2D eigenvalue weighted by Gasteiger charge is -2.12. The maximum atomic E-state index is 11.0. The van der Waals surface area contributed by atoms with Crippen molar-refractivity contribution in [1.82, 2.24) is 10.2 Å². The molecule has 0 heterocycles. The summed E-state index contributed by atoms with van der Waals surface area (Å²) in [6.45, 7) is 0.0389. The highest BCUT2D eigenvalue weighted by molar-refractivity contribution is 5.79. The summed E-state index contributed by atoms with van der Waals surface area (Å²) in [5, 5.41) is 10.8. The Morgan fingerprint density at radius 1 is 1.54 bits per heavy atom. The molecule has 2 N–H and O–H groups in total. The van der Waals surface area contributed by atoms with E-state index in [2.05, 4.69) is 11.2 Å². The molecular weight excluding hydrogens is 172 g/mol. The molecule has 5 heteroatoms. The van der Waals surface area contributed by atoms with Crippen molar-refractivity contribution >= 4 is 11.9 Å². The lowest BCUT2D eigenvalue weighted by atomic mass is 10.4. The van der Waals surface area contributed by atoms with Crippen LogP contribution in [-0.4, -0.2) is 48.6 Å². The van der Waals surface area contributed by atoms with E-state index in [1.54, 1.807) is 7.05 Å². The highest BCUT2D eigenvalue weighted by atomic mass is 16.4. The Labute approximate surface area is 76.7 Å². The molecule has 1 amide bonds. The van der Waals surface area contributed by atoms with Gasteiger partial charge in [0.25, 0.3) is 0 Å². The van der Waals surface area contributed by atoms with E-state index in [1.165, 1.54) is 4.90 Å². The number of aliphatic carboxylic acids is 1. The number of nitrogens with zero attached hydrogens (tertiary/aromatic N) is 1. The summed E-state index contributed by atoms with van der Waals surface area (Å²) in [4.78, 5) is 22.5. The SMILES string of the molecule is C#CCNC(=O)CN(C)CC(=O)O. The Kier molecular flexibility index (Phi) is 5.32. The summed E-state index contributed by atoms with van der Waals surface area (Å²) in [7, 11) is 1.55. The first-order valence-electron chi connectivity index (χ1n) is 3.66. The normalized spacial score (nSPS) is 9.31. The smallest absolute Gasteiger partial charge is 0.317 e. The Hall–Kier alpha value is -1.54. The minimum absolute atomic E-state index is 0.0357. The third kappa shape index (κ3) is 6.84. The van der Waals surface area contributed by atoms with Gasteiger partial charge in [0.2, 0.25) is 5.91 Å². The Morgan fingerprint density at radius 2 is 2.15 bits per heavy atom. The number of hydrogen-bond acceptors (Lipinski definition) is 3. The molecule has 0 bridgehead atoms. The minimum Gasteiger partial charge on any atom is -0.480 e. The highest BCUT2D eigenvalue weighted by Gasteiger charge is 2.08. The molecule has 0 fully saturated rings. The van der Waals surface area contributed by atoms with Crippen LogP contribution < -0.4 is 5.32 Å². The Balaban J connectivity index is 3.66. The number of rotatable bonds is 5. The predicted molar refractivity (Wildman–Crippen MR) is 47.0 cm³/mol. The second-order valence-electron chi connectivity index (χ2n) is 2.55. The number of carbonyl (C=O) groups is 2. The van der Waals surface area contributed by atoms with Crippen LogP contribution in [0.3, 0.4) is 0 Å². The average molecular weight is 184 g/mol. The molecule has 5 nitrogen and oxygen atoms in total. The van der Waals surface area contributed by atoms with Crippen molar-refractivity contribution in [3.8, 4) is 12.3 Å². The molecule has 0 saturated carbocycles. The van der Waals surface area contributed by atoms with Gasteiger partial charge in [-0.3, -0.25) is 14.5 Å². The number of hydrogen-bond donors (Lipinski definition) is 2. The van der Waals surface area contributed by atoms with Gasteiger partial charge >= 0.3 is 5.97 Å². The largest absolute Gasteiger partial charge is 0.480 e. The summed E-state index contributed by atoms with van der Waals surface area (Å²) >= 11 is 0. The number of likely N-dealkylation sites (N-methyl/N-ethyl adjacent to an activating group) is 1. The number of carboxylic acid groups (broad SMARTS) is 1. The molecule has 0 atom stereocenters. The molecule has 13 heavy (non-hydrogen) atoms. The zero-order chi connectivity index (χ0) is 10.3. The maximum absolute atomic E-state index is 11.0. The van der Waals surface area contributed by atoms with E-state index in [9.17, 15) is 9.59 Å². The van der Waals surface area contributed by atoms with Crippen LogP contribution in [-0.2, 0) is 9.59 Å². The molecule has 0 radical (unpaired) electrons. The van der Waals surface area contributed by atoms with E-state index >= 15 is 0 Å². The molecule has 0 unspecified atom stereocenters. The molecule has 0 rings (SSSR count). The minimum atomic E-state index is -0.966. The van der Waals surface area contributed by atoms with Crippen molar-refractivity contribution in [2.75, 3.05) is 26.7 Å². The van der Waals surface area contributed by atoms with Gasteiger partial charge in [-0.1, -0.05) is 5.92 Å². The summed E-state index contributed by atoms with van der Waals surface area (Å²) in [5.74, 6) is 1.00. The Morgan fingerprint density at radius 3 is 2.62 bits per heavy atom. The summed E-state index contributed by atoms with van der Waals surface area (Å²) < 4.78 is 0. The average Bonchev–Trinajstić information content (AvgIpc) is 1.98. The van der Waals surface area contributed by atoms with Gasteiger partial charge in [-0.15, -0.1) is 6.42 Å². The van der Waals surface area contributed by atoms with Crippen molar-refractivity contribution in [1.29, 1.82) is 0 Å². The zero-order valence-corrected chi connectivity index (χ0v) is 7.41. The topological polar surface area (TPSA) is 69.6 Å². The second-order valence-corrected chi connectivity index (χ2v) is 2.55. The van der Waals surface area contributed by atoms with Crippen molar-refractivity contribution in [2.45, 2.75) is 0 Å². The molecule has 0 spiro atoms. The van der Waals surface area contributed by atoms with Gasteiger partial charge in [0.1, 0.15) is 0 Å². The molecule has 0 aliphatic rings. The quantitative estimate of drug-likeness (QED) is 0.524. The first-order chi connectivity index (χ1) is 6.06. The first kappa shape index (κ1) is 11.5. The van der Waals surface area contributed by atoms with E-state index in [1.807, 2.05) is 0 Å². The molecule has 72 valence electrons. The lowest BCUT2D eigenvalue weighted by molar-refractivity contribution is -0.138. The van der Waals surface area contributed by atoms with Crippen molar-refractivity contribution in [3.05, 3.63) is 0 Å². The van der Waals surface area contributed by atoms with Gasteiger partial charge in [0, 0.05) is 0 Å². The van der Waals surface area contributed by atoms with Crippen LogP contribution in [0.4, 0.5) is 0 Å². The standard InChI is InChI=1S/C8H12N2O3/c1-3-4-9-7(11)5-10(2)6-8(12)13/h1H,4-6H2,2H3,(H,9,11)(H,12,13). The van der Waals surface area contributed by atoms with E-state index < -0.39 is 5.97 Å². The van der Waals surface area contributed by atoms with Crippen LogP contribution >= 0.6 is 0 Å². The first-order valence-corrected chi connectivity index (χ1v) is 3.66. The van der Waals surface area contributed by atoms with Gasteiger partial charge in [0.15, 0.2) is 0 Å². The number of amides is 1. The van der Waals surface area contributed by atoms with Crippen LogP contribution in [0.25, 0.3) is 0 Å². The Bertz CT molecular complexity index is 232. The van der Waals surface area contributed by atoms with Crippen LogP contribution in [0.5, 0.6) is 0 Å². The fourth-order valence-corrected chi connectivity index (χ4v) is 0.737. The van der Waals surface area contributed by atoms with Gasteiger partial charge < -0.3 is 10.4 Å². The molecule has 0 aliphatic heterocycles. The molecular formula is C8H12N2O3. The summed E-state index contributed by atoms with van der Waals surface area (Å²) in [5.41, 5.74) is 0. The van der Waals surface area contributed by atoms with Crippen molar-refractivity contribution in [3.63, 3.8) is 0 Å². The molecule has 0 aliphatic carbocycles. The number of carboxylic acids is 1. The van der Waals surface area contributed by atoms with Crippen LogP contribution in [0.15, 0.2) is 0 Å². The number of terminal acetylenes is 1. The fraction of sp³-hybridized carbons (Fsp3) is 0.500. The van der Waals surface area contributed by atoms with E-state index in [4.69, 9.17) is 11.5 Å². The van der Waals surface area contributed by atoms with Crippen LogP contribution in [0.1, 0.15) is 0 Å². The molecule has 0 aromatic heterocycles. The lowest BCUT2D eigenvalue weighted by Crippen LogP contribution is -2.37. The van der Waals surface area contributed by atoms with Gasteiger partial charge in [0.05, 0.1) is 19.6 Å². The number of carbonyl (C=O) groups excluding carboxylic acids is 1. The summed E-state index contributed by atoms with van der Waals surface area (Å²) in [6.07, 6.45) is 4.92. The molecule has 0 saturated heterocycles. The molecule has 0 aromatic rings. The third-order valence-corrected chi connectivity index (χ3v) is 1.21. The van der Waals surface area contributed by atoms with Crippen LogP contribution in [0, 0.1) is 12.3 Å². The van der Waals surface area contributed by atoms with Crippen molar-refractivity contribution < 1.29 is 14.7 Å². The third-order valence-electron chi connectivity index (χ3n) is 1.21. The van der Waals surface area contributed by atoms with Crippen LogP contribution in [0.2, 0.25) is 0 Å². The number of nitrogens with one attached hydrogen (secondary N) is 1. The van der Waals surface area contributed by atoms with Gasteiger partial charge in [-0.2, -0.15) is 0 Å². The highest BCUT2D eigenvalue weighted by Crippen LogP contribution is 1.81. The monoisotopic (exact) mass is 184 g/mol. The predicted octanol–water partition coefficient (Wildman–Crippen LogP) is -1.25. The van der Waals surface area contributed by atoms with Gasteiger partial charge in [-0.25, -0.2) is 0 Å². The summed E-state index contributed by atoms with van der Waals surface area (Å²) in [6, 6.07) is 0. The zero-order valence-electron chi connectivity index (χ0n) is 7.41. The van der Waals surface area contributed by atoms with Gasteiger partial charge in [-0.05, 0) is 7.05 Å². The van der Waals surface area contributed by atoms with E-state index in [-0.39, 0.29) is 25.5 Å². The van der Waals surface area contributed by atoms with Crippen molar-refractivity contribution in [2.24, 2.45) is 0 Å². The fourth-order valence-electron chi connectivity index (χ4n) is 0.737. The van der Waals surface area contributed by atoms with E-state index in [0.717, 1.165) is 0 Å². The second kappa shape index (κ2) is 6.03. The maximum Gasteiger partial charge on any atom is 0.317 e.